The standard InChI is InChI=1S/C15H17N5O2/c21-15(22)12-9-18-13(10-16-12)17-7-11-3-4-14(19-8-11)20-5-1-2-6-20/h3-4,8-10H,1-2,5-7H2,(H,17,18)(H,21,22). The minimum Gasteiger partial charge on any atom is -0.476 e. The normalized spacial score (nSPS) is 14.1. The topological polar surface area (TPSA) is 91.2 Å². The molecule has 1 aliphatic rings. The number of hydrogen-bond acceptors (Lipinski definition) is 6. The minimum absolute atomic E-state index is 0.0674. The molecule has 7 heteroatoms. The van der Waals surface area contributed by atoms with E-state index in [0.717, 1.165) is 24.5 Å². The van der Waals surface area contributed by atoms with Crippen LogP contribution in [0.4, 0.5) is 11.6 Å². The van der Waals surface area contributed by atoms with E-state index >= 15 is 0 Å². The van der Waals surface area contributed by atoms with Crippen molar-refractivity contribution in [3.63, 3.8) is 0 Å². The van der Waals surface area contributed by atoms with E-state index in [4.69, 9.17) is 5.11 Å². The zero-order chi connectivity index (χ0) is 15.4. The Balaban J connectivity index is 1.57. The first-order valence-electron chi connectivity index (χ1n) is 7.21. The third-order valence-corrected chi connectivity index (χ3v) is 3.58. The van der Waals surface area contributed by atoms with E-state index in [1.165, 1.54) is 25.2 Å². The summed E-state index contributed by atoms with van der Waals surface area (Å²) in [6.07, 6.45) is 6.96. The zero-order valence-corrected chi connectivity index (χ0v) is 12.1. The maximum absolute atomic E-state index is 10.7. The number of carboxylic acids is 1. The lowest BCUT2D eigenvalue weighted by atomic mass is 10.2. The molecule has 22 heavy (non-hydrogen) atoms. The van der Waals surface area contributed by atoms with Crippen molar-refractivity contribution in [3.05, 3.63) is 42.0 Å². The van der Waals surface area contributed by atoms with Crippen molar-refractivity contribution >= 4 is 17.6 Å². The molecule has 0 saturated carbocycles. The molecular formula is C15H17N5O2. The third kappa shape index (κ3) is 3.30. The maximum atomic E-state index is 10.7. The molecule has 0 atom stereocenters. The molecule has 1 saturated heterocycles. The Bertz CT molecular complexity index is 636. The summed E-state index contributed by atoms with van der Waals surface area (Å²) in [5.41, 5.74) is 0.967. The molecule has 0 aliphatic carbocycles. The fraction of sp³-hybridized carbons (Fsp3) is 0.333. The van der Waals surface area contributed by atoms with Crippen LogP contribution >= 0.6 is 0 Å². The van der Waals surface area contributed by atoms with Crippen molar-refractivity contribution in [2.75, 3.05) is 23.3 Å². The number of nitrogens with one attached hydrogen (secondary N) is 1. The van der Waals surface area contributed by atoms with E-state index in [2.05, 4.69) is 25.2 Å². The smallest absolute Gasteiger partial charge is 0.356 e. The first-order valence-corrected chi connectivity index (χ1v) is 7.21. The van der Waals surface area contributed by atoms with Crippen LogP contribution in [0.1, 0.15) is 28.9 Å². The number of hydrogen-bond donors (Lipinski definition) is 2. The van der Waals surface area contributed by atoms with E-state index in [1.807, 2.05) is 18.3 Å². The summed E-state index contributed by atoms with van der Waals surface area (Å²) < 4.78 is 0. The van der Waals surface area contributed by atoms with E-state index in [1.54, 1.807) is 0 Å². The largest absolute Gasteiger partial charge is 0.476 e. The van der Waals surface area contributed by atoms with Gasteiger partial charge < -0.3 is 15.3 Å². The molecule has 0 amide bonds. The Kier molecular flexibility index (Phi) is 4.13. The lowest BCUT2D eigenvalue weighted by molar-refractivity contribution is 0.0690. The summed E-state index contributed by atoms with van der Waals surface area (Å²) >= 11 is 0. The number of carboxylic acid groups (broad SMARTS) is 1. The SMILES string of the molecule is O=C(O)c1cnc(NCc2ccc(N3CCCC3)nc2)cn1. The van der Waals surface area contributed by atoms with Crippen molar-refractivity contribution in [1.29, 1.82) is 0 Å². The summed E-state index contributed by atoms with van der Waals surface area (Å²) in [7, 11) is 0. The highest BCUT2D eigenvalue weighted by Crippen LogP contribution is 2.17. The van der Waals surface area contributed by atoms with Crippen LogP contribution in [0.15, 0.2) is 30.7 Å². The molecule has 1 fully saturated rings. The van der Waals surface area contributed by atoms with Crippen LogP contribution in [0.3, 0.4) is 0 Å². The number of pyridine rings is 1. The lowest BCUT2D eigenvalue weighted by Crippen LogP contribution is -2.18. The molecule has 3 rings (SSSR count). The molecular weight excluding hydrogens is 282 g/mol. The van der Waals surface area contributed by atoms with Crippen molar-refractivity contribution < 1.29 is 9.90 Å². The van der Waals surface area contributed by atoms with Crippen LogP contribution in [0, 0.1) is 0 Å². The highest BCUT2D eigenvalue weighted by atomic mass is 16.4. The predicted molar refractivity (Wildman–Crippen MR) is 82.0 cm³/mol. The van der Waals surface area contributed by atoms with Gasteiger partial charge in [0.25, 0.3) is 0 Å². The molecule has 0 spiro atoms. The molecule has 0 bridgehead atoms. The second kappa shape index (κ2) is 6.38. The molecule has 114 valence electrons. The summed E-state index contributed by atoms with van der Waals surface area (Å²) in [4.78, 5) is 25.3. The molecule has 2 aromatic rings. The minimum atomic E-state index is -1.08. The fourth-order valence-corrected chi connectivity index (χ4v) is 2.38. The van der Waals surface area contributed by atoms with Gasteiger partial charge in [-0.2, -0.15) is 0 Å². The summed E-state index contributed by atoms with van der Waals surface area (Å²) in [5, 5.41) is 11.9. The van der Waals surface area contributed by atoms with Gasteiger partial charge in [-0.15, -0.1) is 0 Å². The Morgan fingerprint density at radius 3 is 2.55 bits per heavy atom. The quantitative estimate of drug-likeness (QED) is 0.869. The maximum Gasteiger partial charge on any atom is 0.356 e. The van der Waals surface area contributed by atoms with Crippen LogP contribution in [-0.4, -0.2) is 39.1 Å². The highest BCUT2D eigenvalue weighted by Gasteiger charge is 2.12. The van der Waals surface area contributed by atoms with Crippen LogP contribution in [0.25, 0.3) is 0 Å². The lowest BCUT2D eigenvalue weighted by Gasteiger charge is -2.16. The predicted octanol–water partition coefficient (Wildman–Crippen LogP) is 1.78. The number of aromatic carboxylic acids is 1. The molecule has 0 aromatic carbocycles. The second-order valence-electron chi connectivity index (χ2n) is 5.16. The van der Waals surface area contributed by atoms with E-state index in [-0.39, 0.29) is 5.69 Å². The van der Waals surface area contributed by atoms with Crippen molar-refractivity contribution in [3.8, 4) is 0 Å². The number of carbonyl (C=O) groups is 1. The van der Waals surface area contributed by atoms with Gasteiger partial charge in [0.15, 0.2) is 5.69 Å². The summed E-state index contributed by atoms with van der Waals surface area (Å²) in [5.74, 6) is 0.473. The van der Waals surface area contributed by atoms with Crippen molar-refractivity contribution in [1.82, 2.24) is 15.0 Å². The van der Waals surface area contributed by atoms with Gasteiger partial charge in [0, 0.05) is 25.8 Å². The van der Waals surface area contributed by atoms with E-state index in [0.29, 0.717) is 12.4 Å². The van der Waals surface area contributed by atoms with E-state index < -0.39 is 5.97 Å². The van der Waals surface area contributed by atoms with Gasteiger partial charge in [0.2, 0.25) is 0 Å². The van der Waals surface area contributed by atoms with Gasteiger partial charge in [-0.3, -0.25) is 0 Å². The van der Waals surface area contributed by atoms with Gasteiger partial charge in [-0.05, 0) is 24.5 Å². The van der Waals surface area contributed by atoms with Crippen molar-refractivity contribution in [2.45, 2.75) is 19.4 Å². The first-order chi connectivity index (χ1) is 10.7. The van der Waals surface area contributed by atoms with Crippen LogP contribution in [-0.2, 0) is 6.54 Å². The molecule has 1 aliphatic heterocycles. The second-order valence-corrected chi connectivity index (χ2v) is 5.16. The number of nitrogens with zero attached hydrogens (tertiary/aromatic N) is 4. The van der Waals surface area contributed by atoms with Crippen LogP contribution in [0.2, 0.25) is 0 Å². The van der Waals surface area contributed by atoms with Gasteiger partial charge in [0.1, 0.15) is 11.6 Å². The zero-order valence-electron chi connectivity index (χ0n) is 12.1. The first kappa shape index (κ1) is 14.2. The Hall–Kier alpha value is -2.70. The monoisotopic (exact) mass is 299 g/mol. The average molecular weight is 299 g/mol. The molecule has 3 heterocycles. The number of aromatic nitrogens is 3. The molecule has 0 unspecified atom stereocenters. The molecule has 7 nitrogen and oxygen atoms in total. The molecule has 0 radical (unpaired) electrons. The average Bonchev–Trinajstić information content (AvgIpc) is 3.08. The summed E-state index contributed by atoms with van der Waals surface area (Å²) in [6, 6.07) is 4.06. The Morgan fingerprint density at radius 1 is 1.14 bits per heavy atom. The van der Waals surface area contributed by atoms with Gasteiger partial charge >= 0.3 is 5.97 Å². The molecule has 2 N–H and O–H groups in total. The van der Waals surface area contributed by atoms with Gasteiger partial charge in [-0.25, -0.2) is 19.7 Å². The summed E-state index contributed by atoms with van der Waals surface area (Å²) in [6.45, 7) is 2.72. The Morgan fingerprint density at radius 2 is 1.95 bits per heavy atom. The van der Waals surface area contributed by atoms with Gasteiger partial charge in [0.05, 0.1) is 12.4 Å². The molecule has 2 aromatic heterocycles. The fourth-order valence-electron chi connectivity index (χ4n) is 2.38. The van der Waals surface area contributed by atoms with Crippen LogP contribution < -0.4 is 10.2 Å². The number of rotatable bonds is 5. The number of anilines is 2. The highest BCUT2D eigenvalue weighted by molar-refractivity contribution is 5.84. The third-order valence-electron chi connectivity index (χ3n) is 3.58. The van der Waals surface area contributed by atoms with E-state index in [9.17, 15) is 4.79 Å². The van der Waals surface area contributed by atoms with Crippen LogP contribution in [0.5, 0.6) is 0 Å². The van der Waals surface area contributed by atoms with Gasteiger partial charge in [-0.1, -0.05) is 6.07 Å². The van der Waals surface area contributed by atoms with Crippen molar-refractivity contribution in [2.24, 2.45) is 0 Å². The Labute approximate surface area is 128 Å².